The minimum absolute atomic E-state index is 0.0207. The fourth-order valence-electron chi connectivity index (χ4n) is 1.38. The van der Waals surface area contributed by atoms with Crippen molar-refractivity contribution in [1.29, 1.82) is 0 Å². The molecule has 1 aromatic carbocycles. The van der Waals surface area contributed by atoms with Gasteiger partial charge in [0.2, 0.25) is 15.9 Å². The van der Waals surface area contributed by atoms with Crippen molar-refractivity contribution in [3.63, 3.8) is 0 Å². The van der Waals surface area contributed by atoms with E-state index in [9.17, 15) is 13.2 Å². The Morgan fingerprint density at radius 2 is 2.12 bits per heavy atom. The molecule has 1 aromatic rings. The number of benzene rings is 1. The minimum atomic E-state index is -3.79. The third kappa shape index (κ3) is 3.69. The Balaban J connectivity index is 3.19. The van der Waals surface area contributed by atoms with Crippen LogP contribution < -0.4 is 10.5 Å². The lowest BCUT2D eigenvalue weighted by atomic mass is 10.1. The van der Waals surface area contributed by atoms with Crippen molar-refractivity contribution in [2.24, 2.45) is 5.14 Å². The minimum Gasteiger partial charge on any atom is -0.325 e. The molecule has 0 fully saturated rings. The molecule has 17 heavy (non-hydrogen) atoms. The molecule has 0 aliphatic heterocycles. The first-order valence-corrected chi connectivity index (χ1v) is 6.98. The van der Waals surface area contributed by atoms with Crippen LogP contribution in [-0.4, -0.2) is 20.2 Å². The summed E-state index contributed by atoms with van der Waals surface area (Å²) in [7, 11) is -3.79. The summed E-state index contributed by atoms with van der Waals surface area (Å²) in [5.41, 5.74) is 0.966. The van der Waals surface area contributed by atoms with Crippen LogP contribution in [0, 0.1) is 0 Å². The zero-order valence-electron chi connectivity index (χ0n) is 9.23. The molecule has 94 valence electrons. The van der Waals surface area contributed by atoms with Gasteiger partial charge in [-0.15, -0.1) is 11.6 Å². The average molecular weight is 277 g/mol. The molecule has 3 N–H and O–H groups in total. The van der Waals surface area contributed by atoms with Gasteiger partial charge in [0.05, 0.1) is 4.90 Å². The molecule has 0 atom stereocenters. The maximum Gasteiger partial charge on any atom is 0.239 e. The molecular weight excluding hydrogens is 264 g/mol. The van der Waals surface area contributed by atoms with Gasteiger partial charge in [0.25, 0.3) is 0 Å². The van der Waals surface area contributed by atoms with Crippen LogP contribution in [0.4, 0.5) is 5.69 Å². The van der Waals surface area contributed by atoms with Crippen LogP contribution in [0.5, 0.6) is 0 Å². The summed E-state index contributed by atoms with van der Waals surface area (Å²) in [6.45, 7) is 1.82. The van der Waals surface area contributed by atoms with Crippen molar-refractivity contribution < 1.29 is 13.2 Å². The van der Waals surface area contributed by atoms with Gasteiger partial charge in [-0.1, -0.05) is 13.0 Å². The van der Waals surface area contributed by atoms with E-state index >= 15 is 0 Å². The molecule has 0 aromatic heterocycles. The van der Waals surface area contributed by atoms with Gasteiger partial charge in [0.15, 0.2) is 0 Å². The summed E-state index contributed by atoms with van der Waals surface area (Å²) >= 11 is 5.34. The van der Waals surface area contributed by atoms with Crippen LogP contribution in [0.2, 0.25) is 0 Å². The monoisotopic (exact) mass is 276 g/mol. The SMILES string of the molecule is CCc1ccc(NC(=O)CCl)cc1S(N)(=O)=O. The molecule has 5 nitrogen and oxygen atoms in total. The van der Waals surface area contributed by atoms with Crippen molar-refractivity contribution >= 4 is 33.2 Å². The molecule has 0 unspecified atom stereocenters. The number of amides is 1. The van der Waals surface area contributed by atoms with E-state index in [4.69, 9.17) is 16.7 Å². The highest BCUT2D eigenvalue weighted by molar-refractivity contribution is 7.89. The number of hydrogen-bond donors (Lipinski definition) is 2. The second kappa shape index (κ2) is 5.48. The van der Waals surface area contributed by atoms with Gasteiger partial charge >= 0.3 is 0 Å². The number of sulfonamides is 1. The normalized spacial score (nSPS) is 11.2. The van der Waals surface area contributed by atoms with Gasteiger partial charge in [-0.25, -0.2) is 13.6 Å². The predicted molar refractivity (Wildman–Crippen MR) is 66.5 cm³/mol. The molecule has 1 amide bonds. The smallest absolute Gasteiger partial charge is 0.239 e. The van der Waals surface area contributed by atoms with E-state index in [0.717, 1.165) is 0 Å². The molecule has 7 heteroatoms. The van der Waals surface area contributed by atoms with Gasteiger partial charge in [0, 0.05) is 5.69 Å². The first-order chi connectivity index (χ1) is 7.88. The molecular formula is C10H13ClN2O3S. The van der Waals surface area contributed by atoms with Crippen LogP contribution in [-0.2, 0) is 21.2 Å². The van der Waals surface area contributed by atoms with E-state index in [-0.39, 0.29) is 10.8 Å². The number of nitrogens with one attached hydrogen (secondary N) is 1. The van der Waals surface area contributed by atoms with Crippen molar-refractivity contribution in [3.05, 3.63) is 23.8 Å². The van der Waals surface area contributed by atoms with Crippen molar-refractivity contribution in [3.8, 4) is 0 Å². The van der Waals surface area contributed by atoms with Gasteiger partial charge in [-0.05, 0) is 24.1 Å². The number of carbonyl (C=O) groups excluding carboxylic acids is 1. The number of primary sulfonamides is 1. The van der Waals surface area contributed by atoms with Crippen LogP contribution in [0.15, 0.2) is 23.1 Å². The molecule has 0 heterocycles. The third-order valence-corrected chi connectivity index (χ3v) is 3.40. The maximum absolute atomic E-state index is 11.4. The Labute approximate surface area is 105 Å². The molecule has 0 aliphatic rings. The van der Waals surface area contributed by atoms with E-state index < -0.39 is 15.9 Å². The Hall–Kier alpha value is -1.11. The number of carbonyl (C=O) groups is 1. The Morgan fingerprint density at radius 1 is 1.47 bits per heavy atom. The van der Waals surface area contributed by atoms with Crippen LogP contribution >= 0.6 is 11.6 Å². The number of rotatable bonds is 4. The summed E-state index contributed by atoms with van der Waals surface area (Å²) in [5.74, 6) is -0.600. The highest BCUT2D eigenvalue weighted by Crippen LogP contribution is 2.20. The highest BCUT2D eigenvalue weighted by atomic mass is 35.5. The van der Waals surface area contributed by atoms with Gasteiger partial charge in [0.1, 0.15) is 5.88 Å². The highest BCUT2D eigenvalue weighted by Gasteiger charge is 2.14. The van der Waals surface area contributed by atoms with E-state index in [1.54, 1.807) is 12.1 Å². The topological polar surface area (TPSA) is 89.3 Å². The van der Waals surface area contributed by atoms with Crippen molar-refractivity contribution in [1.82, 2.24) is 0 Å². The lowest BCUT2D eigenvalue weighted by Gasteiger charge is -2.09. The quantitative estimate of drug-likeness (QED) is 0.806. The van der Waals surface area contributed by atoms with Crippen molar-refractivity contribution in [2.75, 3.05) is 11.2 Å². The van der Waals surface area contributed by atoms with Crippen molar-refractivity contribution in [2.45, 2.75) is 18.2 Å². The average Bonchev–Trinajstić information content (AvgIpc) is 2.27. The predicted octanol–water partition coefficient (Wildman–Crippen LogP) is 1.07. The molecule has 0 saturated carbocycles. The number of aryl methyl sites for hydroxylation is 1. The second-order valence-electron chi connectivity index (χ2n) is 3.40. The van der Waals surface area contributed by atoms with Crippen LogP contribution in [0.1, 0.15) is 12.5 Å². The Kier molecular flexibility index (Phi) is 4.50. The zero-order chi connectivity index (χ0) is 13.1. The van der Waals surface area contributed by atoms with Gasteiger partial charge in [-0.2, -0.15) is 0 Å². The first kappa shape index (κ1) is 14.0. The maximum atomic E-state index is 11.4. The molecule has 1 rings (SSSR count). The van der Waals surface area contributed by atoms with Gasteiger partial charge < -0.3 is 5.32 Å². The zero-order valence-corrected chi connectivity index (χ0v) is 10.8. The largest absolute Gasteiger partial charge is 0.325 e. The van der Waals surface area contributed by atoms with E-state index in [1.165, 1.54) is 6.07 Å². The summed E-state index contributed by atoms with van der Waals surface area (Å²) in [6.07, 6.45) is 0.537. The fraction of sp³-hybridized carbons (Fsp3) is 0.300. The number of halogens is 1. The second-order valence-corrected chi connectivity index (χ2v) is 5.20. The molecule has 0 bridgehead atoms. The number of hydrogen-bond acceptors (Lipinski definition) is 3. The van der Waals surface area contributed by atoms with E-state index in [0.29, 0.717) is 17.7 Å². The fourth-order valence-corrected chi connectivity index (χ4v) is 2.32. The third-order valence-electron chi connectivity index (χ3n) is 2.16. The molecule has 0 spiro atoms. The lowest BCUT2D eigenvalue weighted by molar-refractivity contribution is -0.113. The summed E-state index contributed by atoms with van der Waals surface area (Å²) in [4.78, 5) is 11.1. The standard InChI is InChI=1S/C10H13ClN2O3S/c1-2-7-3-4-8(13-10(14)6-11)5-9(7)17(12,15)16/h3-5H,2,6H2,1H3,(H,13,14)(H2,12,15,16). The van der Waals surface area contributed by atoms with E-state index in [1.807, 2.05) is 6.92 Å². The molecule has 0 saturated heterocycles. The number of alkyl halides is 1. The lowest BCUT2D eigenvalue weighted by Crippen LogP contribution is -2.17. The van der Waals surface area contributed by atoms with E-state index in [2.05, 4.69) is 5.32 Å². The summed E-state index contributed by atoms with van der Waals surface area (Å²) < 4.78 is 22.7. The number of nitrogens with two attached hydrogens (primary N) is 1. The first-order valence-electron chi connectivity index (χ1n) is 4.90. The number of anilines is 1. The van der Waals surface area contributed by atoms with Crippen LogP contribution in [0.25, 0.3) is 0 Å². The Bertz CT molecular complexity index is 528. The van der Waals surface area contributed by atoms with Gasteiger partial charge in [-0.3, -0.25) is 4.79 Å². The summed E-state index contributed by atoms with van der Waals surface area (Å²) in [5, 5.41) is 7.56. The molecule has 0 aliphatic carbocycles. The summed E-state index contributed by atoms with van der Waals surface area (Å²) in [6, 6.07) is 4.56. The Morgan fingerprint density at radius 3 is 2.59 bits per heavy atom. The molecule has 0 radical (unpaired) electrons. The van der Waals surface area contributed by atoms with Crippen LogP contribution in [0.3, 0.4) is 0 Å².